The van der Waals surface area contributed by atoms with Crippen molar-refractivity contribution in [2.24, 2.45) is 11.5 Å². The van der Waals surface area contributed by atoms with E-state index in [0.29, 0.717) is 0 Å². The molecule has 0 radical (unpaired) electrons. The van der Waals surface area contributed by atoms with Gasteiger partial charge in [0, 0.05) is 36.6 Å². The summed E-state index contributed by atoms with van der Waals surface area (Å²) >= 11 is 0. The van der Waals surface area contributed by atoms with Crippen molar-refractivity contribution in [3.05, 3.63) is 89.0 Å². The lowest BCUT2D eigenvalue weighted by molar-refractivity contribution is -0.138. The first kappa shape index (κ1) is 31.8. The third kappa shape index (κ3) is 11.2. The van der Waals surface area contributed by atoms with Gasteiger partial charge < -0.3 is 28.3 Å². The molecule has 8 heteroatoms. The number of alkyl halides is 3. The highest BCUT2D eigenvalue weighted by Crippen LogP contribution is 2.31. The first-order chi connectivity index (χ1) is 16.8. The minimum absolute atomic E-state index is 0.0876. The molecule has 0 saturated heterocycles. The second-order valence-electron chi connectivity index (χ2n) is 7.08. The SMILES string of the molecule is CC.CCCNc1ccc(N)cc1Cc1ccccc1N.CN.NCc1ccccc1C(F)(F)F. The zero-order valence-electron chi connectivity index (χ0n) is 21.1. The van der Waals surface area contributed by atoms with Crippen molar-refractivity contribution in [2.45, 2.75) is 46.3 Å². The average Bonchev–Trinajstić information content (AvgIpc) is 2.87. The third-order valence-corrected chi connectivity index (χ3v) is 4.67. The number of benzene rings is 3. The van der Waals surface area contributed by atoms with Crippen LogP contribution in [0.5, 0.6) is 0 Å². The second kappa shape index (κ2) is 17.2. The standard InChI is InChI=1S/C16H21N3.C8H8F3N.C2H6.CH5N/c1-2-9-19-16-8-7-14(17)11-13(16)10-12-5-3-4-6-15(12)18;9-8(10,11)7-4-2-1-3-6(7)5-12;2*1-2/h3-8,11,19H,2,9-10,17-18H2,1H3;1-4H,5,12H2;1-2H3;2H2,1H3. The van der Waals surface area contributed by atoms with E-state index in [-0.39, 0.29) is 12.1 Å². The van der Waals surface area contributed by atoms with Gasteiger partial charge in [0.1, 0.15) is 0 Å². The van der Waals surface area contributed by atoms with Gasteiger partial charge in [-0.3, -0.25) is 0 Å². The molecule has 0 saturated carbocycles. The van der Waals surface area contributed by atoms with Gasteiger partial charge in [-0.1, -0.05) is 57.2 Å². The summed E-state index contributed by atoms with van der Waals surface area (Å²) < 4.78 is 36.5. The Hall–Kier alpha value is -3.23. The zero-order valence-corrected chi connectivity index (χ0v) is 21.1. The van der Waals surface area contributed by atoms with Crippen LogP contribution in [0.1, 0.15) is 49.4 Å². The molecule has 0 aliphatic carbocycles. The molecule has 0 aliphatic rings. The second-order valence-corrected chi connectivity index (χ2v) is 7.08. The Morgan fingerprint density at radius 3 is 1.89 bits per heavy atom. The van der Waals surface area contributed by atoms with Crippen LogP contribution >= 0.6 is 0 Å². The summed E-state index contributed by atoms with van der Waals surface area (Å²) in [7, 11) is 1.50. The number of hydrogen-bond acceptors (Lipinski definition) is 5. The van der Waals surface area contributed by atoms with Gasteiger partial charge in [0.15, 0.2) is 0 Å². The molecule has 0 unspecified atom stereocenters. The Morgan fingerprint density at radius 2 is 1.37 bits per heavy atom. The summed E-state index contributed by atoms with van der Waals surface area (Å²) in [6, 6.07) is 19.2. The number of nitrogen functional groups attached to an aromatic ring is 2. The van der Waals surface area contributed by atoms with Crippen LogP contribution in [0.4, 0.5) is 30.2 Å². The van der Waals surface area contributed by atoms with Gasteiger partial charge in [0.05, 0.1) is 5.56 Å². The Labute approximate surface area is 207 Å². The van der Waals surface area contributed by atoms with Crippen molar-refractivity contribution in [3.8, 4) is 0 Å². The summed E-state index contributed by atoms with van der Waals surface area (Å²) in [5, 5.41) is 3.43. The Kier molecular flexibility index (Phi) is 15.7. The highest BCUT2D eigenvalue weighted by molar-refractivity contribution is 5.61. The molecule has 194 valence electrons. The van der Waals surface area contributed by atoms with E-state index in [1.807, 2.05) is 50.2 Å². The number of nitrogens with two attached hydrogens (primary N) is 4. The van der Waals surface area contributed by atoms with Crippen molar-refractivity contribution >= 4 is 17.1 Å². The first-order valence-corrected chi connectivity index (χ1v) is 11.6. The van der Waals surface area contributed by atoms with Crippen LogP contribution in [0.2, 0.25) is 0 Å². The van der Waals surface area contributed by atoms with Gasteiger partial charge >= 0.3 is 6.18 Å². The molecule has 0 aliphatic heterocycles. The largest absolute Gasteiger partial charge is 0.416 e. The summed E-state index contributed by atoms with van der Waals surface area (Å²) in [5.41, 5.74) is 26.1. The molecule has 0 aromatic heterocycles. The number of hydrogen-bond donors (Lipinski definition) is 5. The first-order valence-electron chi connectivity index (χ1n) is 11.6. The number of halogens is 3. The molecule has 0 fully saturated rings. The fourth-order valence-electron chi connectivity index (χ4n) is 3.07. The summed E-state index contributed by atoms with van der Waals surface area (Å²) in [4.78, 5) is 0. The van der Waals surface area contributed by atoms with E-state index >= 15 is 0 Å². The van der Waals surface area contributed by atoms with E-state index in [9.17, 15) is 13.2 Å². The fraction of sp³-hybridized carbons (Fsp3) is 0.333. The minimum atomic E-state index is -4.30. The van der Waals surface area contributed by atoms with Crippen LogP contribution in [0.25, 0.3) is 0 Å². The van der Waals surface area contributed by atoms with Crippen LogP contribution in [0, 0.1) is 0 Å². The van der Waals surface area contributed by atoms with E-state index in [1.165, 1.54) is 30.8 Å². The highest BCUT2D eigenvalue weighted by atomic mass is 19.4. The molecule has 9 N–H and O–H groups in total. The number of nitrogens with one attached hydrogen (secondary N) is 1. The maximum Gasteiger partial charge on any atom is 0.416 e. The summed E-state index contributed by atoms with van der Waals surface area (Å²) in [5.74, 6) is 0. The van der Waals surface area contributed by atoms with E-state index in [4.69, 9.17) is 17.2 Å². The molecule has 3 rings (SSSR count). The van der Waals surface area contributed by atoms with E-state index in [0.717, 1.165) is 48.1 Å². The normalized spacial score (nSPS) is 9.97. The predicted molar refractivity (Wildman–Crippen MR) is 144 cm³/mol. The molecule has 0 amide bonds. The van der Waals surface area contributed by atoms with Crippen LogP contribution in [0.15, 0.2) is 66.7 Å². The monoisotopic (exact) mass is 491 g/mol. The smallest absolute Gasteiger partial charge is 0.399 e. The third-order valence-electron chi connectivity index (χ3n) is 4.67. The summed E-state index contributed by atoms with van der Waals surface area (Å²) in [6.07, 6.45) is -2.41. The van der Waals surface area contributed by atoms with Crippen LogP contribution in [0.3, 0.4) is 0 Å². The number of rotatable bonds is 6. The average molecular weight is 492 g/mol. The predicted octanol–water partition coefficient (Wildman–Crippen LogP) is 6.03. The molecule has 3 aromatic carbocycles. The molecule has 0 bridgehead atoms. The van der Waals surface area contributed by atoms with Gasteiger partial charge in [-0.2, -0.15) is 13.2 Å². The van der Waals surface area contributed by atoms with Crippen LogP contribution in [-0.2, 0) is 19.1 Å². The lowest BCUT2D eigenvalue weighted by Gasteiger charge is -2.13. The van der Waals surface area contributed by atoms with Gasteiger partial charge in [0.25, 0.3) is 0 Å². The lowest BCUT2D eigenvalue weighted by atomic mass is 10.0. The fourth-order valence-corrected chi connectivity index (χ4v) is 3.07. The number of anilines is 3. The minimum Gasteiger partial charge on any atom is -0.399 e. The van der Waals surface area contributed by atoms with E-state index in [1.54, 1.807) is 0 Å². The Morgan fingerprint density at radius 1 is 0.800 bits per heavy atom. The van der Waals surface area contributed by atoms with Crippen molar-refractivity contribution in [1.82, 2.24) is 0 Å². The van der Waals surface area contributed by atoms with Crippen molar-refractivity contribution in [3.63, 3.8) is 0 Å². The number of para-hydroxylation sites is 1. The van der Waals surface area contributed by atoms with Crippen LogP contribution < -0.4 is 28.3 Å². The molecule has 0 spiro atoms. The molecular formula is C27H40F3N5. The maximum absolute atomic E-state index is 12.2. The van der Waals surface area contributed by atoms with E-state index in [2.05, 4.69) is 24.0 Å². The van der Waals surface area contributed by atoms with Gasteiger partial charge in [-0.15, -0.1) is 0 Å². The van der Waals surface area contributed by atoms with Crippen LogP contribution in [-0.4, -0.2) is 13.6 Å². The van der Waals surface area contributed by atoms with Crippen molar-refractivity contribution < 1.29 is 13.2 Å². The molecule has 0 heterocycles. The zero-order chi connectivity index (χ0) is 26.9. The maximum atomic E-state index is 12.2. The van der Waals surface area contributed by atoms with E-state index < -0.39 is 11.7 Å². The molecular weight excluding hydrogens is 451 g/mol. The van der Waals surface area contributed by atoms with Gasteiger partial charge in [-0.05, 0) is 60.5 Å². The van der Waals surface area contributed by atoms with Crippen molar-refractivity contribution in [1.29, 1.82) is 0 Å². The van der Waals surface area contributed by atoms with Gasteiger partial charge in [-0.25, -0.2) is 0 Å². The van der Waals surface area contributed by atoms with Crippen molar-refractivity contribution in [2.75, 3.05) is 30.4 Å². The topological polar surface area (TPSA) is 116 Å². The Balaban J connectivity index is 0.000000623. The highest BCUT2D eigenvalue weighted by Gasteiger charge is 2.32. The summed E-state index contributed by atoms with van der Waals surface area (Å²) in [6.45, 7) is 7.02. The molecule has 35 heavy (non-hydrogen) atoms. The Bertz CT molecular complexity index is 975. The quantitative estimate of drug-likeness (QED) is 0.270. The van der Waals surface area contributed by atoms with Gasteiger partial charge in [0.2, 0.25) is 0 Å². The molecule has 5 nitrogen and oxygen atoms in total. The lowest BCUT2D eigenvalue weighted by Crippen LogP contribution is -2.11. The molecule has 0 atom stereocenters. The molecule has 3 aromatic rings.